The van der Waals surface area contributed by atoms with Crippen LogP contribution in [0.2, 0.25) is 0 Å². The van der Waals surface area contributed by atoms with Crippen molar-refractivity contribution >= 4 is 27.3 Å². The molecule has 2 nitrogen and oxygen atoms in total. The van der Waals surface area contributed by atoms with Gasteiger partial charge >= 0.3 is 0 Å². The number of halogens is 1. The highest BCUT2D eigenvalue weighted by atomic mass is 79.9. The van der Waals surface area contributed by atoms with Gasteiger partial charge in [0.1, 0.15) is 0 Å². The summed E-state index contributed by atoms with van der Waals surface area (Å²) in [6.07, 6.45) is 1.29. The predicted molar refractivity (Wildman–Crippen MR) is 69.4 cm³/mol. The third-order valence-corrected chi connectivity index (χ3v) is 4.91. The van der Waals surface area contributed by atoms with Gasteiger partial charge in [0.25, 0.3) is 0 Å². The van der Waals surface area contributed by atoms with Crippen molar-refractivity contribution in [2.45, 2.75) is 25.9 Å². The van der Waals surface area contributed by atoms with Crippen molar-refractivity contribution in [1.29, 1.82) is 0 Å². The summed E-state index contributed by atoms with van der Waals surface area (Å²) in [5.74, 6) is 0. The van der Waals surface area contributed by atoms with Crippen molar-refractivity contribution in [2.75, 3.05) is 19.6 Å². The lowest BCUT2D eigenvalue weighted by Crippen LogP contribution is -2.35. The van der Waals surface area contributed by atoms with E-state index >= 15 is 0 Å². The molecule has 0 saturated carbocycles. The largest absolute Gasteiger partial charge is 0.315 e. The van der Waals surface area contributed by atoms with Gasteiger partial charge in [-0.2, -0.15) is 0 Å². The van der Waals surface area contributed by atoms with E-state index in [1.807, 2.05) is 11.3 Å². The molecule has 1 saturated heterocycles. The zero-order chi connectivity index (χ0) is 10.7. The molecule has 0 aromatic carbocycles. The highest BCUT2D eigenvalue weighted by Gasteiger charge is 2.21. The minimum atomic E-state index is 0.726. The summed E-state index contributed by atoms with van der Waals surface area (Å²) >= 11 is 5.44. The number of nitrogens with one attached hydrogen (secondary N) is 1. The average molecular weight is 289 g/mol. The van der Waals surface area contributed by atoms with Crippen molar-refractivity contribution in [3.05, 3.63) is 20.8 Å². The number of likely N-dealkylation sites (N-methyl/N-ethyl adjacent to an activating group) is 1. The molecule has 1 N–H and O–H groups in total. The van der Waals surface area contributed by atoms with E-state index < -0.39 is 0 Å². The molecule has 0 amide bonds. The molecule has 1 aliphatic heterocycles. The fourth-order valence-electron chi connectivity index (χ4n) is 2.07. The molecule has 1 aromatic rings. The summed E-state index contributed by atoms with van der Waals surface area (Å²) in [6, 6.07) is 2.87. The van der Waals surface area contributed by atoms with E-state index in [-0.39, 0.29) is 0 Å². The first-order valence-electron chi connectivity index (χ1n) is 5.48. The van der Waals surface area contributed by atoms with Crippen molar-refractivity contribution in [3.8, 4) is 0 Å². The van der Waals surface area contributed by atoms with Gasteiger partial charge in [0.2, 0.25) is 0 Å². The average Bonchev–Trinajstić information content (AvgIpc) is 2.86. The van der Waals surface area contributed by atoms with Crippen LogP contribution in [0.3, 0.4) is 0 Å². The maximum atomic E-state index is 3.60. The number of hydrogen-bond donors (Lipinski definition) is 1. The molecular weight excluding hydrogens is 272 g/mol. The van der Waals surface area contributed by atoms with Crippen LogP contribution in [0.1, 0.15) is 18.2 Å². The van der Waals surface area contributed by atoms with Crippen LogP contribution in [0.4, 0.5) is 0 Å². The number of hydrogen-bond acceptors (Lipinski definition) is 3. The van der Waals surface area contributed by atoms with Crippen LogP contribution in [0, 0.1) is 0 Å². The van der Waals surface area contributed by atoms with Crippen molar-refractivity contribution in [2.24, 2.45) is 0 Å². The van der Waals surface area contributed by atoms with Gasteiger partial charge in [-0.05, 0) is 46.9 Å². The Balaban J connectivity index is 1.98. The molecular formula is C11H17BrN2S. The van der Waals surface area contributed by atoms with Gasteiger partial charge in [-0.25, -0.2) is 0 Å². The van der Waals surface area contributed by atoms with E-state index in [4.69, 9.17) is 0 Å². The minimum Gasteiger partial charge on any atom is -0.315 e. The van der Waals surface area contributed by atoms with Crippen molar-refractivity contribution < 1.29 is 0 Å². The first-order valence-corrected chi connectivity index (χ1v) is 7.15. The third kappa shape index (κ3) is 2.81. The molecule has 1 unspecified atom stereocenters. The Kier molecular flexibility index (Phi) is 4.20. The Hall–Kier alpha value is 0.1000. The van der Waals surface area contributed by atoms with Crippen LogP contribution >= 0.6 is 27.3 Å². The van der Waals surface area contributed by atoms with Crippen LogP contribution in [0.25, 0.3) is 0 Å². The van der Waals surface area contributed by atoms with Gasteiger partial charge in [-0.1, -0.05) is 6.92 Å². The summed E-state index contributed by atoms with van der Waals surface area (Å²) in [4.78, 5) is 4.01. The van der Waals surface area contributed by atoms with Crippen LogP contribution < -0.4 is 5.32 Å². The summed E-state index contributed by atoms with van der Waals surface area (Å²) in [5.41, 5.74) is 0. The smallest absolute Gasteiger partial charge is 0.0342 e. The van der Waals surface area contributed by atoms with E-state index in [1.165, 1.54) is 22.3 Å². The predicted octanol–water partition coefficient (Wildman–Crippen LogP) is 2.69. The maximum absolute atomic E-state index is 3.60. The molecule has 1 fully saturated rings. The normalized spacial score (nSPS) is 21.4. The fourth-order valence-corrected chi connectivity index (χ4v) is 3.57. The molecule has 2 heterocycles. The Morgan fingerprint density at radius 3 is 3.07 bits per heavy atom. The standard InChI is InChI=1S/C11H17BrN2S/c1-2-14(9-3-5-13-7-9)8-11-10(12)4-6-15-11/h4,6,9,13H,2-3,5,7-8H2,1H3. The van der Waals surface area contributed by atoms with Crippen LogP contribution in [-0.2, 0) is 6.54 Å². The molecule has 1 aromatic heterocycles. The van der Waals surface area contributed by atoms with Crippen LogP contribution in [0.15, 0.2) is 15.9 Å². The molecule has 4 heteroatoms. The third-order valence-electron chi connectivity index (χ3n) is 2.99. The summed E-state index contributed by atoms with van der Waals surface area (Å²) in [6.45, 7) is 6.79. The zero-order valence-corrected chi connectivity index (χ0v) is 11.4. The second kappa shape index (κ2) is 5.43. The van der Waals surface area contributed by atoms with Crippen LogP contribution in [0.5, 0.6) is 0 Å². The number of rotatable bonds is 4. The van der Waals surface area contributed by atoms with Gasteiger partial charge in [0.05, 0.1) is 0 Å². The van der Waals surface area contributed by atoms with E-state index in [0.29, 0.717) is 0 Å². The highest BCUT2D eigenvalue weighted by Crippen LogP contribution is 2.25. The first-order chi connectivity index (χ1) is 7.31. The Bertz CT molecular complexity index is 307. The quantitative estimate of drug-likeness (QED) is 0.917. The second-order valence-corrected chi connectivity index (χ2v) is 5.76. The van der Waals surface area contributed by atoms with E-state index in [9.17, 15) is 0 Å². The van der Waals surface area contributed by atoms with Crippen molar-refractivity contribution in [1.82, 2.24) is 10.2 Å². The lowest BCUT2D eigenvalue weighted by molar-refractivity contribution is 0.212. The number of thiophene rings is 1. The second-order valence-electron chi connectivity index (χ2n) is 3.90. The monoisotopic (exact) mass is 288 g/mol. The van der Waals surface area contributed by atoms with Crippen molar-refractivity contribution in [3.63, 3.8) is 0 Å². The lowest BCUT2D eigenvalue weighted by atomic mass is 10.2. The van der Waals surface area contributed by atoms with Crippen LogP contribution in [-0.4, -0.2) is 30.6 Å². The van der Waals surface area contributed by atoms with E-state index in [2.05, 4.69) is 44.5 Å². The maximum Gasteiger partial charge on any atom is 0.0342 e. The number of nitrogens with zero attached hydrogens (tertiary/aromatic N) is 1. The van der Waals surface area contributed by atoms with Gasteiger partial charge in [-0.3, -0.25) is 4.90 Å². The summed E-state index contributed by atoms with van der Waals surface area (Å²) < 4.78 is 1.26. The molecule has 84 valence electrons. The Morgan fingerprint density at radius 1 is 1.67 bits per heavy atom. The topological polar surface area (TPSA) is 15.3 Å². The molecule has 0 radical (unpaired) electrons. The van der Waals surface area contributed by atoms with Gasteiger partial charge in [0.15, 0.2) is 0 Å². The molecule has 1 atom stereocenters. The molecule has 1 aliphatic rings. The fraction of sp³-hybridized carbons (Fsp3) is 0.636. The SMILES string of the molecule is CCN(Cc1sccc1Br)C1CCNC1. The van der Waals surface area contributed by atoms with E-state index in [1.54, 1.807) is 0 Å². The minimum absolute atomic E-state index is 0.726. The highest BCUT2D eigenvalue weighted by molar-refractivity contribution is 9.10. The van der Waals surface area contributed by atoms with Gasteiger partial charge in [-0.15, -0.1) is 11.3 Å². The Morgan fingerprint density at radius 2 is 2.53 bits per heavy atom. The van der Waals surface area contributed by atoms with Gasteiger partial charge in [0, 0.05) is 28.5 Å². The summed E-state index contributed by atoms with van der Waals surface area (Å²) in [7, 11) is 0. The van der Waals surface area contributed by atoms with E-state index in [0.717, 1.165) is 25.7 Å². The molecule has 15 heavy (non-hydrogen) atoms. The van der Waals surface area contributed by atoms with Gasteiger partial charge < -0.3 is 5.32 Å². The Labute approximate surface area is 104 Å². The molecule has 0 spiro atoms. The first kappa shape index (κ1) is 11.6. The molecule has 0 bridgehead atoms. The summed E-state index contributed by atoms with van der Waals surface area (Å²) in [5, 5.41) is 5.58. The zero-order valence-electron chi connectivity index (χ0n) is 9.00. The molecule has 0 aliphatic carbocycles. The lowest BCUT2D eigenvalue weighted by Gasteiger charge is -2.26. The molecule has 2 rings (SSSR count).